The van der Waals surface area contributed by atoms with Gasteiger partial charge in [-0.3, -0.25) is 0 Å². The molecule has 0 heterocycles. The number of hydrogen-bond donors (Lipinski definition) is 1. The molecule has 2 aromatic carbocycles. The molecule has 2 aromatic rings. The normalized spacial score (nSPS) is 16.1. The van der Waals surface area contributed by atoms with Crippen LogP contribution in [0.4, 0.5) is 0 Å². The van der Waals surface area contributed by atoms with E-state index in [4.69, 9.17) is 5.73 Å². The van der Waals surface area contributed by atoms with E-state index >= 15 is 0 Å². The first-order valence-electron chi connectivity index (χ1n) is 7.49. The number of benzene rings is 2. The maximum absolute atomic E-state index is 5.94. The first-order valence-corrected chi connectivity index (χ1v) is 7.49. The van der Waals surface area contributed by atoms with Gasteiger partial charge in [-0.25, -0.2) is 0 Å². The Bertz CT molecular complexity index is 623. The van der Waals surface area contributed by atoms with Crippen LogP contribution in [0.5, 0.6) is 0 Å². The van der Waals surface area contributed by atoms with Gasteiger partial charge in [0.1, 0.15) is 0 Å². The van der Waals surface area contributed by atoms with Crippen molar-refractivity contribution in [3.8, 4) is 0 Å². The molecule has 1 saturated carbocycles. The first-order chi connectivity index (χ1) is 9.63. The Balaban J connectivity index is 1.86. The minimum absolute atomic E-state index is 0.290. The van der Waals surface area contributed by atoms with Gasteiger partial charge in [-0.2, -0.15) is 0 Å². The first kappa shape index (κ1) is 13.4. The minimum Gasteiger partial charge on any atom is -0.330 e. The molecule has 0 aromatic heterocycles. The quantitative estimate of drug-likeness (QED) is 0.892. The Kier molecular flexibility index (Phi) is 3.39. The lowest BCUT2D eigenvalue weighted by atomic mass is 9.92. The summed E-state index contributed by atoms with van der Waals surface area (Å²) in [5.74, 6) is 0. The molecule has 2 N–H and O–H groups in total. The zero-order valence-corrected chi connectivity index (χ0v) is 12.4. The Morgan fingerprint density at radius 3 is 2.50 bits per heavy atom. The van der Waals surface area contributed by atoms with Crippen molar-refractivity contribution in [1.82, 2.24) is 0 Å². The fraction of sp³-hybridized carbons (Fsp3) is 0.368. The van der Waals surface area contributed by atoms with Crippen LogP contribution < -0.4 is 5.73 Å². The second-order valence-electron chi connectivity index (χ2n) is 6.29. The largest absolute Gasteiger partial charge is 0.330 e. The Morgan fingerprint density at radius 1 is 1.05 bits per heavy atom. The van der Waals surface area contributed by atoms with Gasteiger partial charge in [0, 0.05) is 12.0 Å². The van der Waals surface area contributed by atoms with Gasteiger partial charge in [0.25, 0.3) is 0 Å². The highest BCUT2D eigenvalue weighted by Crippen LogP contribution is 2.47. The maximum atomic E-state index is 5.94. The summed E-state index contributed by atoms with van der Waals surface area (Å²) in [6, 6.07) is 15.7. The fourth-order valence-electron chi connectivity index (χ4n) is 3.04. The summed E-state index contributed by atoms with van der Waals surface area (Å²) in [4.78, 5) is 0. The lowest BCUT2D eigenvalue weighted by molar-refractivity contribution is 0.703. The molecule has 0 unspecified atom stereocenters. The fourth-order valence-corrected chi connectivity index (χ4v) is 3.04. The number of hydrogen-bond acceptors (Lipinski definition) is 1. The zero-order valence-electron chi connectivity index (χ0n) is 12.4. The van der Waals surface area contributed by atoms with Crippen molar-refractivity contribution in [1.29, 1.82) is 0 Å². The molecule has 1 fully saturated rings. The number of aryl methyl sites for hydroxylation is 2. The van der Waals surface area contributed by atoms with Crippen LogP contribution in [0.25, 0.3) is 0 Å². The van der Waals surface area contributed by atoms with Crippen molar-refractivity contribution in [2.45, 2.75) is 38.5 Å². The third-order valence-electron chi connectivity index (χ3n) is 4.68. The third-order valence-corrected chi connectivity index (χ3v) is 4.68. The summed E-state index contributed by atoms with van der Waals surface area (Å²) in [6.45, 7) is 5.13. The summed E-state index contributed by atoms with van der Waals surface area (Å²) in [5, 5.41) is 0. The topological polar surface area (TPSA) is 26.0 Å². The molecule has 1 heteroatoms. The highest BCUT2D eigenvalue weighted by atomic mass is 14.7. The van der Waals surface area contributed by atoms with Crippen LogP contribution in [0.2, 0.25) is 0 Å². The van der Waals surface area contributed by atoms with Gasteiger partial charge in [0.05, 0.1) is 0 Å². The van der Waals surface area contributed by atoms with Crippen molar-refractivity contribution in [2.75, 3.05) is 6.54 Å². The summed E-state index contributed by atoms with van der Waals surface area (Å²) < 4.78 is 0. The van der Waals surface area contributed by atoms with Crippen molar-refractivity contribution in [3.63, 3.8) is 0 Å². The van der Waals surface area contributed by atoms with Crippen LogP contribution >= 0.6 is 0 Å². The van der Waals surface area contributed by atoms with Gasteiger partial charge >= 0.3 is 0 Å². The molecule has 0 amide bonds. The molecule has 1 aliphatic carbocycles. The molecular formula is C19H23N. The van der Waals surface area contributed by atoms with Gasteiger partial charge in [0.2, 0.25) is 0 Å². The average molecular weight is 265 g/mol. The van der Waals surface area contributed by atoms with Crippen LogP contribution in [0.15, 0.2) is 42.5 Å². The SMILES string of the molecule is Cc1ccc(Cc2cccc(C3(CN)CC3)c2)c(C)c1. The minimum atomic E-state index is 0.290. The smallest absolute Gasteiger partial charge is 0.00763 e. The highest BCUT2D eigenvalue weighted by Gasteiger charge is 2.42. The van der Waals surface area contributed by atoms with E-state index in [2.05, 4.69) is 56.3 Å². The number of nitrogens with two attached hydrogens (primary N) is 1. The van der Waals surface area contributed by atoms with Crippen molar-refractivity contribution in [3.05, 3.63) is 70.3 Å². The Hall–Kier alpha value is -1.60. The molecule has 20 heavy (non-hydrogen) atoms. The molecule has 104 valence electrons. The van der Waals surface area contributed by atoms with Crippen molar-refractivity contribution in [2.24, 2.45) is 5.73 Å². The lowest BCUT2D eigenvalue weighted by Crippen LogP contribution is -2.19. The molecule has 0 atom stereocenters. The van der Waals surface area contributed by atoms with Crippen molar-refractivity contribution < 1.29 is 0 Å². The van der Waals surface area contributed by atoms with E-state index < -0.39 is 0 Å². The molecule has 1 nitrogen and oxygen atoms in total. The third kappa shape index (κ3) is 2.51. The summed E-state index contributed by atoms with van der Waals surface area (Å²) in [5.41, 5.74) is 13.2. The zero-order chi connectivity index (χ0) is 14.2. The second-order valence-corrected chi connectivity index (χ2v) is 6.29. The van der Waals surface area contributed by atoms with Crippen LogP contribution in [0.3, 0.4) is 0 Å². The molecule has 3 rings (SSSR count). The van der Waals surface area contributed by atoms with E-state index in [-0.39, 0.29) is 0 Å². The standard InChI is InChI=1S/C19H23N/c1-14-6-7-17(15(2)10-14)11-16-4-3-5-18(12-16)19(13-20)8-9-19/h3-7,10,12H,8-9,11,13,20H2,1-2H3. The van der Waals surface area contributed by atoms with Gasteiger partial charge < -0.3 is 5.73 Å². The predicted molar refractivity (Wildman–Crippen MR) is 85.1 cm³/mol. The number of rotatable bonds is 4. The predicted octanol–water partition coefficient (Wildman–Crippen LogP) is 3.88. The van der Waals surface area contributed by atoms with E-state index in [1.54, 1.807) is 0 Å². The monoisotopic (exact) mass is 265 g/mol. The lowest BCUT2D eigenvalue weighted by Gasteiger charge is -2.14. The van der Waals surface area contributed by atoms with Gasteiger partial charge in [-0.1, -0.05) is 48.0 Å². The van der Waals surface area contributed by atoms with Gasteiger partial charge in [-0.05, 0) is 55.4 Å². The molecule has 0 bridgehead atoms. The van der Waals surface area contributed by atoms with E-state index in [9.17, 15) is 0 Å². The van der Waals surface area contributed by atoms with Gasteiger partial charge in [-0.15, -0.1) is 0 Å². The summed E-state index contributed by atoms with van der Waals surface area (Å²) in [6.07, 6.45) is 3.51. The molecule has 1 aliphatic rings. The van der Waals surface area contributed by atoms with E-state index in [1.165, 1.54) is 40.7 Å². The molecule has 0 spiro atoms. The second kappa shape index (κ2) is 5.06. The molecule has 0 radical (unpaired) electrons. The van der Waals surface area contributed by atoms with Gasteiger partial charge in [0.15, 0.2) is 0 Å². The Labute approximate surface area is 121 Å². The molecule has 0 aliphatic heterocycles. The van der Waals surface area contributed by atoms with Crippen LogP contribution in [-0.4, -0.2) is 6.54 Å². The molecular weight excluding hydrogens is 242 g/mol. The maximum Gasteiger partial charge on any atom is 0.00763 e. The average Bonchev–Trinajstić information content (AvgIpc) is 3.23. The van der Waals surface area contributed by atoms with E-state index in [1.807, 2.05) is 0 Å². The Morgan fingerprint density at radius 2 is 1.85 bits per heavy atom. The van der Waals surface area contributed by atoms with Crippen molar-refractivity contribution >= 4 is 0 Å². The summed E-state index contributed by atoms with van der Waals surface area (Å²) in [7, 11) is 0. The van der Waals surface area contributed by atoms with E-state index in [0.29, 0.717) is 5.41 Å². The summed E-state index contributed by atoms with van der Waals surface area (Å²) >= 11 is 0. The van der Waals surface area contributed by atoms with Crippen LogP contribution in [0.1, 0.15) is 40.7 Å². The van der Waals surface area contributed by atoms with Crippen LogP contribution in [0, 0.1) is 13.8 Å². The highest BCUT2D eigenvalue weighted by molar-refractivity contribution is 5.39. The van der Waals surface area contributed by atoms with Crippen LogP contribution in [-0.2, 0) is 11.8 Å². The molecule has 0 saturated heterocycles. The van der Waals surface area contributed by atoms with E-state index in [0.717, 1.165) is 13.0 Å².